The Morgan fingerprint density at radius 3 is 2.47 bits per heavy atom. The highest BCUT2D eigenvalue weighted by atomic mass is 19.4. The van der Waals surface area contributed by atoms with Gasteiger partial charge in [0, 0.05) is 5.69 Å². The number of carbonyl (C=O) groups excluding carboxylic acids is 1. The summed E-state index contributed by atoms with van der Waals surface area (Å²) in [5, 5.41) is 11.2. The minimum absolute atomic E-state index is 0.0284. The molecule has 1 aromatic carbocycles. The first kappa shape index (κ1) is 15.0. The summed E-state index contributed by atoms with van der Waals surface area (Å²) in [5.41, 5.74) is -0.816. The summed E-state index contributed by atoms with van der Waals surface area (Å²) in [6.45, 7) is 3.39. The monoisotopic (exact) mass is 270 g/mol. The number of nitriles is 1. The van der Waals surface area contributed by atoms with Crippen LogP contribution in [0.15, 0.2) is 24.3 Å². The Labute approximate surface area is 109 Å². The number of benzene rings is 1. The second-order valence-corrected chi connectivity index (χ2v) is 4.42. The summed E-state index contributed by atoms with van der Waals surface area (Å²) in [7, 11) is 0. The molecule has 0 aliphatic heterocycles. The Bertz CT molecular complexity index is 503. The minimum atomic E-state index is -4.46. The van der Waals surface area contributed by atoms with Crippen molar-refractivity contribution in [2.45, 2.75) is 20.0 Å². The molecular formula is C13H13F3N2O. The van der Waals surface area contributed by atoms with E-state index in [-0.39, 0.29) is 11.6 Å². The topological polar surface area (TPSA) is 52.9 Å². The van der Waals surface area contributed by atoms with Gasteiger partial charge in [-0.3, -0.25) is 4.79 Å². The highest BCUT2D eigenvalue weighted by Crippen LogP contribution is 2.30. The maximum atomic E-state index is 12.5. The number of alkyl halides is 3. The Hall–Kier alpha value is -2.03. The standard InChI is InChI=1S/C13H13F3N2O/c1-8(2)11(7-17)12(19)18-10-5-3-4-9(6-10)13(14,15)16/h3-6,8,11H,1-2H3,(H,18,19). The first-order chi connectivity index (χ1) is 8.75. The van der Waals surface area contributed by atoms with Crippen LogP contribution < -0.4 is 5.32 Å². The van der Waals surface area contributed by atoms with Crippen LogP contribution in [0.4, 0.5) is 18.9 Å². The summed E-state index contributed by atoms with van der Waals surface area (Å²) in [6, 6.07) is 6.14. The maximum Gasteiger partial charge on any atom is 0.416 e. The summed E-state index contributed by atoms with van der Waals surface area (Å²) < 4.78 is 37.5. The summed E-state index contributed by atoms with van der Waals surface area (Å²) in [6.07, 6.45) is -4.46. The van der Waals surface area contributed by atoms with Crippen molar-refractivity contribution in [1.29, 1.82) is 5.26 Å². The average molecular weight is 270 g/mol. The van der Waals surface area contributed by atoms with Crippen LogP contribution in [-0.2, 0) is 11.0 Å². The predicted molar refractivity (Wildman–Crippen MR) is 64.0 cm³/mol. The molecule has 0 heterocycles. The molecule has 1 atom stereocenters. The summed E-state index contributed by atoms with van der Waals surface area (Å²) >= 11 is 0. The van der Waals surface area contributed by atoms with E-state index in [9.17, 15) is 18.0 Å². The van der Waals surface area contributed by atoms with E-state index < -0.39 is 23.6 Å². The molecule has 0 saturated carbocycles. The number of nitrogens with one attached hydrogen (secondary N) is 1. The lowest BCUT2D eigenvalue weighted by Gasteiger charge is -2.14. The fraction of sp³-hybridized carbons (Fsp3) is 0.385. The number of amides is 1. The third kappa shape index (κ3) is 3.98. The summed E-state index contributed by atoms with van der Waals surface area (Å²) in [4.78, 5) is 11.7. The molecule has 0 radical (unpaired) electrons. The van der Waals surface area contributed by atoms with Crippen LogP contribution in [0.2, 0.25) is 0 Å². The molecule has 1 rings (SSSR count). The van der Waals surface area contributed by atoms with Crippen molar-refractivity contribution in [3.63, 3.8) is 0 Å². The van der Waals surface area contributed by atoms with Crippen molar-refractivity contribution < 1.29 is 18.0 Å². The molecule has 0 fully saturated rings. The molecule has 0 saturated heterocycles. The van der Waals surface area contributed by atoms with E-state index in [1.54, 1.807) is 13.8 Å². The van der Waals surface area contributed by atoms with Crippen LogP contribution in [0.1, 0.15) is 19.4 Å². The van der Waals surface area contributed by atoms with Crippen LogP contribution in [-0.4, -0.2) is 5.91 Å². The van der Waals surface area contributed by atoms with E-state index in [2.05, 4.69) is 5.32 Å². The molecule has 1 N–H and O–H groups in total. The van der Waals surface area contributed by atoms with Gasteiger partial charge in [-0.15, -0.1) is 0 Å². The minimum Gasteiger partial charge on any atom is -0.325 e. The first-order valence-electron chi connectivity index (χ1n) is 5.63. The normalized spacial score (nSPS) is 12.9. The van der Waals surface area contributed by atoms with Crippen molar-refractivity contribution in [3.05, 3.63) is 29.8 Å². The van der Waals surface area contributed by atoms with Crippen molar-refractivity contribution in [2.75, 3.05) is 5.32 Å². The number of hydrogen-bond acceptors (Lipinski definition) is 2. The molecule has 0 aliphatic rings. The van der Waals surface area contributed by atoms with Gasteiger partial charge in [0.2, 0.25) is 5.91 Å². The second kappa shape index (κ2) is 5.74. The van der Waals surface area contributed by atoms with E-state index >= 15 is 0 Å². The SMILES string of the molecule is CC(C)C(C#N)C(=O)Nc1cccc(C(F)(F)F)c1. The van der Waals surface area contributed by atoms with Gasteiger partial charge in [0.05, 0.1) is 11.6 Å². The van der Waals surface area contributed by atoms with Crippen molar-refractivity contribution in [2.24, 2.45) is 11.8 Å². The smallest absolute Gasteiger partial charge is 0.325 e. The van der Waals surface area contributed by atoms with Gasteiger partial charge < -0.3 is 5.32 Å². The zero-order valence-corrected chi connectivity index (χ0v) is 10.5. The lowest BCUT2D eigenvalue weighted by molar-refractivity contribution is -0.137. The van der Waals surface area contributed by atoms with E-state index in [4.69, 9.17) is 5.26 Å². The van der Waals surface area contributed by atoms with Gasteiger partial charge in [0.1, 0.15) is 5.92 Å². The van der Waals surface area contributed by atoms with Gasteiger partial charge in [-0.05, 0) is 24.1 Å². The molecule has 102 valence electrons. The lowest BCUT2D eigenvalue weighted by Crippen LogP contribution is -2.25. The average Bonchev–Trinajstić information content (AvgIpc) is 2.28. The molecule has 0 aromatic heterocycles. The molecule has 6 heteroatoms. The number of hydrogen-bond donors (Lipinski definition) is 1. The molecule has 19 heavy (non-hydrogen) atoms. The van der Waals surface area contributed by atoms with Crippen LogP contribution in [0.25, 0.3) is 0 Å². The Morgan fingerprint density at radius 1 is 1.37 bits per heavy atom. The summed E-state index contributed by atoms with van der Waals surface area (Å²) in [5.74, 6) is -1.71. The maximum absolute atomic E-state index is 12.5. The zero-order valence-electron chi connectivity index (χ0n) is 10.5. The van der Waals surface area contributed by atoms with Crippen LogP contribution in [0.3, 0.4) is 0 Å². The van der Waals surface area contributed by atoms with E-state index in [0.717, 1.165) is 12.1 Å². The highest BCUT2D eigenvalue weighted by molar-refractivity contribution is 5.94. The fourth-order valence-electron chi connectivity index (χ4n) is 1.50. The van der Waals surface area contributed by atoms with Gasteiger partial charge in [0.25, 0.3) is 0 Å². The van der Waals surface area contributed by atoms with E-state index in [0.29, 0.717) is 0 Å². The Morgan fingerprint density at radius 2 is 2.00 bits per heavy atom. The molecule has 0 bridgehead atoms. The molecule has 0 aliphatic carbocycles. The van der Waals surface area contributed by atoms with Crippen molar-refractivity contribution >= 4 is 11.6 Å². The van der Waals surface area contributed by atoms with E-state index in [1.165, 1.54) is 12.1 Å². The van der Waals surface area contributed by atoms with Crippen LogP contribution in [0.5, 0.6) is 0 Å². The lowest BCUT2D eigenvalue weighted by atomic mass is 9.96. The van der Waals surface area contributed by atoms with Gasteiger partial charge in [-0.25, -0.2) is 0 Å². The van der Waals surface area contributed by atoms with Gasteiger partial charge in [-0.2, -0.15) is 18.4 Å². The van der Waals surface area contributed by atoms with E-state index in [1.807, 2.05) is 6.07 Å². The van der Waals surface area contributed by atoms with Crippen LogP contribution in [0, 0.1) is 23.2 Å². The van der Waals surface area contributed by atoms with Gasteiger partial charge in [-0.1, -0.05) is 19.9 Å². The number of anilines is 1. The zero-order chi connectivity index (χ0) is 14.6. The molecule has 1 aromatic rings. The molecule has 0 spiro atoms. The van der Waals surface area contributed by atoms with Crippen molar-refractivity contribution in [1.82, 2.24) is 0 Å². The number of carbonyl (C=O) groups is 1. The van der Waals surface area contributed by atoms with Crippen molar-refractivity contribution in [3.8, 4) is 6.07 Å². The third-order valence-electron chi connectivity index (χ3n) is 2.55. The molecule has 1 unspecified atom stereocenters. The quantitative estimate of drug-likeness (QED) is 0.914. The second-order valence-electron chi connectivity index (χ2n) is 4.42. The molecular weight excluding hydrogens is 257 g/mol. The number of nitrogens with zero attached hydrogens (tertiary/aromatic N) is 1. The number of halogens is 3. The Kier molecular flexibility index (Phi) is 4.54. The molecule has 1 amide bonds. The predicted octanol–water partition coefficient (Wildman–Crippen LogP) is 3.44. The third-order valence-corrected chi connectivity index (χ3v) is 2.55. The Balaban J connectivity index is 2.90. The largest absolute Gasteiger partial charge is 0.416 e. The van der Waals surface area contributed by atoms with Gasteiger partial charge >= 0.3 is 6.18 Å². The first-order valence-corrected chi connectivity index (χ1v) is 5.63. The number of rotatable bonds is 3. The fourth-order valence-corrected chi connectivity index (χ4v) is 1.50. The molecule has 3 nitrogen and oxygen atoms in total. The van der Waals surface area contributed by atoms with Gasteiger partial charge in [0.15, 0.2) is 0 Å². The van der Waals surface area contributed by atoms with Crippen LogP contribution >= 0.6 is 0 Å². The highest BCUT2D eigenvalue weighted by Gasteiger charge is 2.30.